The van der Waals surface area contributed by atoms with Gasteiger partial charge in [0.05, 0.1) is 12.2 Å². The van der Waals surface area contributed by atoms with Gasteiger partial charge in [-0.3, -0.25) is 19.2 Å². The van der Waals surface area contributed by atoms with E-state index in [1.807, 2.05) is 6.07 Å². The topological polar surface area (TPSA) is 141 Å². The van der Waals surface area contributed by atoms with E-state index < -0.39 is 77.3 Å². The smallest absolute Gasteiger partial charge is 0.360 e. The Labute approximate surface area is 251 Å². The molecule has 10 nitrogen and oxygen atoms in total. The fourth-order valence-electron chi connectivity index (χ4n) is 5.65. The minimum Gasteiger partial charge on any atom is -0.360 e. The molecule has 0 aromatic heterocycles. The van der Waals surface area contributed by atoms with Crippen LogP contribution in [-0.4, -0.2) is 82.8 Å². The summed E-state index contributed by atoms with van der Waals surface area (Å²) in [7, 11) is 0. The van der Waals surface area contributed by atoms with Gasteiger partial charge in [-0.1, -0.05) is 12.5 Å². The Kier molecular flexibility index (Phi) is 10.8. The van der Waals surface area contributed by atoms with Crippen LogP contribution in [0.5, 0.6) is 0 Å². The van der Waals surface area contributed by atoms with Crippen LogP contribution in [-0.2, 0) is 23.9 Å². The molecule has 2 fully saturated rings. The zero-order chi connectivity index (χ0) is 34.2. The third-order valence-corrected chi connectivity index (χ3v) is 7.74. The van der Waals surface area contributed by atoms with Crippen LogP contribution in [0.4, 0.5) is 26.3 Å². The maximum atomic E-state index is 13.8. The van der Waals surface area contributed by atoms with E-state index in [2.05, 4.69) is 10.6 Å². The van der Waals surface area contributed by atoms with Crippen molar-refractivity contribution in [1.29, 1.82) is 5.26 Å². The van der Waals surface area contributed by atoms with Crippen LogP contribution in [0.15, 0.2) is 11.1 Å². The van der Waals surface area contributed by atoms with Crippen LogP contribution < -0.4 is 16.0 Å². The van der Waals surface area contributed by atoms with Gasteiger partial charge in [0.1, 0.15) is 18.1 Å². The Bertz CT molecular complexity index is 1220. The number of allylic oxidation sites excluding steroid dienone is 1. The van der Waals surface area contributed by atoms with Gasteiger partial charge in [-0.15, -0.1) is 0 Å². The minimum atomic E-state index is -5.49. The Hall–Kier alpha value is -3.35. The Morgan fingerprint density at radius 1 is 1.14 bits per heavy atom. The van der Waals surface area contributed by atoms with Crippen LogP contribution in [0.25, 0.3) is 0 Å². The number of likely N-dealkylation sites (tertiary alicyclic amines) is 1. The molecule has 16 heteroatoms. The summed E-state index contributed by atoms with van der Waals surface area (Å²) < 4.78 is 85.2. The maximum absolute atomic E-state index is 13.8. The summed E-state index contributed by atoms with van der Waals surface area (Å²) in [5, 5.41) is 16.5. The van der Waals surface area contributed by atoms with Crippen LogP contribution in [0.3, 0.4) is 0 Å². The number of alkyl halides is 6. The number of carbonyl (C=O) groups excluding carboxylic acids is 4. The average Bonchev–Trinajstić information content (AvgIpc) is 3.33. The molecule has 0 bridgehead atoms. The molecule has 0 saturated carbocycles. The van der Waals surface area contributed by atoms with E-state index in [0.29, 0.717) is 31.4 Å². The molecule has 248 valence electrons. The third-order valence-electron chi connectivity index (χ3n) is 7.74. The third kappa shape index (κ3) is 8.42. The highest BCUT2D eigenvalue weighted by Crippen LogP contribution is 2.36. The van der Waals surface area contributed by atoms with Gasteiger partial charge in [0.25, 0.3) is 0 Å². The molecule has 1 unspecified atom stereocenters. The Balaban J connectivity index is 2.46. The van der Waals surface area contributed by atoms with E-state index in [4.69, 9.17) is 4.74 Å². The molecule has 44 heavy (non-hydrogen) atoms. The average molecular weight is 640 g/mol. The molecule has 2 aliphatic heterocycles. The van der Waals surface area contributed by atoms with Gasteiger partial charge in [0.15, 0.2) is 5.60 Å². The summed E-state index contributed by atoms with van der Waals surface area (Å²) in [5.74, 6) is -6.19. The zero-order valence-corrected chi connectivity index (χ0v) is 25.8. The van der Waals surface area contributed by atoms with Crippen molar-refractivity contribution in [3.05, 3.63) is 11.1 Å². The lowest BCUT2D eigenvalue weighted by molar-refractivity contribution is -0.277. The van der Waals surface area contributed by atoms with Gasteiger partial charge < -0.3 is 25.6 Å². The highest BCUT2D eigenvalue weighted by atomic mass is 19.4. The van der Waals surface area contributed by atoms with Crippen molar-refractivity contribution in [3.63, 3.8) is 0 Å². The first kappa shape index (κ1) is 36.8. The summed E-state index contributed by atoms with van der Waals surface area (Å²) in [5.41, 5.74) is -2.47. The summed E-state index contributed by atoms with van der Waals surface area (Å²) in [6, 6.07) is -3.02. The zero-order valence-electron chi connectivity index (χ0n) is 25.8. The molecule has 0 aromatic rings. The molecule has 0 spiro atoms. The minimum absolute atomic E-state index is 0.0560. The maximum Gasteiger partial charge on any atom is 0.471 e. The number of rotatable bonds is 9. The van der Waals surface area contributed by atoms with Crippen LogP contribution in [0, 0.1) is 23.2 Å². The van der Waals surface area contributed by atoms with Crippen molar-refractivity contribution in [1.82, 2.24) is 20.9 Å². The summed E-state index contributed by atoms with van der Waals surface area (Å²) in [6.45, 7) is 10.4. The molecular weight excluding hydrogens is 600 g/mol. The fourth-order valence-corrected chi connectivity index (χ4v) is 5.65. The largest absolute Gasteiger partial charge is 0.471 e. The Morgan fingerprint density at radius 2 is 1.70 bits per heavy atom. The van der Waals surface area contributed by atoms with Gasteiger partial charge in [-0.05, 0) is 72.8 Å². The van der Waals surface area contributed by atoms with E-state index >= 15 is 0 Å². The second-order valence-electron chi connectivity index (χ2n) is 12.7. The van der Waals surface area contributed by atoms with Gasteiger partial charge in [-0.25, -0.2) is 0 Å². The monoisotopic (exact) mass is 639 g/mol. The molecule has 2 aliphatic rings. The normalized spacial score (nSPS) is 24.2. The SMILES string of the molecule is CC(C)=C1C(C)CN(C(=O)[C@@H](NC(=O)C(F)(F)F)[C@@H](C)OC(C)(C)C(F)(F)F)[C@@H]1C(=O)N[C@H](C#N)C[C@@H]1CC(C)(C)NC1=O. The Morgan fingerprint density at radius 3 is 2.14 bits per heavy atom. The predicted molar refractivity (Wildman–Crippen MR) is 144 cm³/mol. The van der Waals surface area contributed by atoms with E-state index in [9.17, 15) is 50.8 Å². The number of nitrogens with zero attached hydrogens (tertiary/aromatic N) is 2. The molecule has 2 rings (SSSR count). The fraction of sp³-hybridized carbons (Fsp3) is 0.750. The van der Waals surface area contributed by atoms with Crippen molar-refractivity contribution in [2.24, 2.45) is 11.8 Å². The number of nitriles is 1. The lowest BCUT2D eigenvalue weighted by atomic mass is 9.91. The van der Waals surface area contributed by atoms with Crippen molar-refractivity contribution < 1.29 is 50.3 Å². The first-order valence-corrected chi connectivity index (χ1v) is 13.9. The number of ether oxygens (including phenoxy) is 1. The van der Waals surface area contributed by atoms with Gasteiger partial charge in [0.2, 0.25) is 17.7 Å². The van der Waals surface area contributed by atoms with Crippen molar-refractivity contribution >= 4 is 23.6 Å². The second kappa shape index (κ2) is 12.9. The first-order chi connectivity index (χ1) is 19.8. The summed E-state index contributed by atoms with van der Waals surface area (Å²) >= 11 is 0. The van der Waals surface area contributed by atoms with Crippen molar-refractivity contribution in [2.75, 3.05) is 6.54 Å². The summed E-state index contributed by atoms with van der Waals surface area (Å²) in [4.78, 5) is 52.6. The van der Waals surface area contributed by atoms with Gasteiger partial charge in [-0.2, -0.15) is 31.6 Å². The molecule has 0 radical (unpaired) electrons. The number of nitrogens with one attached hydrogen (secondary N) is 3. The standard InChI is InChI=1S/C28H39F6N5O5/c1-13(2)18-14(3)12-39(20(18)22(41)36-17(11-35)9-16-10-25(5,6)38-21(16)40)23(42)19(37-24(43)27(29,30)31)15(4)44-26(7,8)28(32,33)34/h14-17,19-20H,9-10,12H2,1-8H3,(H,36,41)(H,37,43)(H,38,40)/t14?,15-,16-,17+,19+,20+/m1/s1. The van der Waals surface area contributed by atoms with E-state index in [0.717, 1.165) is 11.8 Å². The van der Waals surface area contributed by atoms with Crippen LogP contribution in [0.2, 0.25) is 0 Å². The van der Waals surface area contributed by atoms with E-state index in [1.165, 1.54) is 5.32 Å². The quantitative estimate of drug-likeness (QED) is 0.261. The van der Waals surface area contributed by atoms with Crippen molar-refractivity contribution in [2.45, 2.75) is 116 Å². The number of halogens is 6. The molecule has 6 atom stereocenters. The van der Waals surface area contributed by atoms with Gasteiger partial charge >= 0.3 is 18.3 Å². The highest BCUT2D eigenvalue weighted by Gasteiger charge is 2.53. The lowest BCUT2D eigenvalue weighted by Gasteiger charge is -2.36. The first-order valence-electron chi connectivity index (χ1n) is 13.9. The highest BCUT2D eigenvalue weighted by molar-refractivity contribution is 5.96. The molecule has 3 N–H and O–H groups in total. The van der Waals surface area contributed by atoms with E-state index in [-0.39, 0.29) is 18.9 Å². The second-order valence-corrected chi connectivity index (χ2v) is 12.7. The molecule has 4 amide bonds. The molecule has 0 aromatic carbocycles. The van der Waals surface area contributed by atoms with Crippen LogP contribution in [0.1, 0.15) is 68.2 Å². The van der Waals surface area contributed by atoms with Gasteiger partial charge in [0, 0.05) is 18.0 Å². The van der Waals surface area contributed by atoms with Crippen LogP contribution >= 0.6 is 0 Å². The summed E-state index contributed by atoms with van der Waals surface area (Å²) in [6.07, 6.45) is -12.1. The molecule has 2 heterocycles. The molecule has 0 aliphatic carbocycles. The predicted octanol–water partition coefficient (Wildman–Crippen LogP) is 3.28. The van der Waals surface area contributed by atoms with E-state index in [1.54, 1.807) is 34.6 Å². The number of amides is 4. The lowest BCUT2D eigenvalue weighted by Crippen LogP contribution is -2.61. The molecule has 2 saturated heterocycles. The number of hydrogen-bond acceptors (Lipinski definition) is 6. The molecular formula is C28H39F6N5O5. The van der Waals surface area contributed by atoms with Crippen molar-refractivity contribution in [3.8, 4) is 6.07 Å². The number of hydrogen-bond donors (Lipinski definition) is 3. The number of carbonyl (C=O) groups is 4.